The molecular weight excluding hydrogens is 376 g/mol. The summed E-state index contributed by atoms with van der Waals surface area (Å²) >= 11 is 0. The number of allylic oxidation sites excluding steroid dienone is 1. The Hall–Kier alpha value is -2.33. The zero-order valence-electron chi connectivity index (χ0n) is 16.7. The van der Waals surface area contributed by atoms with Crippen LogP contribution in [0.25, 0.3) is 0 Å². The van der Waals surface area contributed by atoms with Gasteiger partial charge in [0.05, 0.1) is 11.0 Å². The van der Waals surface area contributed by atoms with Crippen LogP contribution in [0.1, 0.15) is 58.4 Å². The van der Waals surface area contributed by atoms with Crippen molar-refractivity contribution < 1.29 is 17.9 Å². The molecule has 0 aliphatic heterocycles. The summed E-state index contributed by atoms with van der Waals surface area (Å²) < 4.78 is 30.4. The van der Waals surface area contributed by atoms with Crippen molar-refractivity contribution in [1.82, 2.24) is 5.32 Å². The third-order valence-corrected chi connectivity index (χ3v) is 6.14. The minimum Gasteiger partial charge on any atom is -0.483 e. The standard InChI is InChI=1S/C21H28N2O4S/c1-21(2,3)18-14-17(28(25,26)13-7-12-22)10-11-19(18)27-15-20(24)23-16-8-5-4-6-9-16/h7,10-11,13-14,16H,4-6,8-9,15H2,1-3H3,(H,23,24)/b13-7+. The van der Waals surface area contributed by atoms with Crippen LogP contribution in [0.2, 0.25) is 0 Å². The van der Waals surface area contributed by atoms with Crippen LogP contribution in [0.15, 0.2) is 34.6 Å². The molecule has 7 heteroatoms. The van der Waals surface area contributed by atoms with Crippen molar-refractivity contribution in [2.45, 2.75) is 69.2 Å². The van der Waals surface area contributed by atoms with Gasteiger partial charge in [0.2, 0.25) is 9.84 Å². The second-order valence-electron chi connectivity index (χ2n) is 8.08. The maximum atomic E-state index is 12.3. The maximum absolute atomic E-state index is 12.3. The molecule has 0 radical (unpaired) electrons. The first-order valence-corrected chi connectivity index (χ1v) is 11.1. The summed E-state index contributed by atoms with van der Waals surface area (Å²) in [6.45, 7) is 5.72. The lowest BCUT2D eigenvalue weighted by Crippen LogP contribution is -2.39. The van der Waals surface area contributed by atoms with Crippen LogP contribution >= 0.6 is 0 Å². The van der Waals surface area contributed by atoms with E-state index in [9.17, 15) is 13.2 Å². The summed E-state index contributed by atoms with van der Waals surface area (Å²) in [7, 11) is -3.71. The van der Waals surface area contributed by atoms with Crippen LogP contribution in [-0.2, 0) is 20.0 Å². The van der Waals surface area contributed by atoms with E-state index < -0.39 is 9.84 Å². The Morgan fingerprint density at radius 1 is 1.29 bits per heavy atom. The number of hydrogen-bond donors (Lipinski definition) is 1. The zero-order valence-corrected chi connectivity index (χ0v) is 17.5. The number of nitrogens with zero attached hydrogens (tertiary/aromatic N) is 1. The number of ether oxygens (including phenoxy) is 1. The smallest absolute Gasteiger partial charge is 0.258 e. The first-order valence-electron chi connectivity index (χ1n) is 9.51. The number of carbonyl (C=O) groups is 1. The van der Waals surface area contributed by atoms with E-state index in [1.165, 1.54) is 12.5 Å². The Labute approximate surface area is 167 Å². The molecule has 28 heavy (non-hydrogen) atoms. The van der Waals surface area contributed by atoms with Crippen LogP contribution in [0.5, 0.6) is 5.75 Å². The largest absolute Gasteiger partial charge is 0.483 e. The van der Waals surface area contributed by atoms with Gasteiger partial charge in [-0.1, -0.05) is 40.0 Å². The van der Waals surface area contributed by atoms with Crippen LogP contribution in [0, 0.1) is 11.3 Å². The summed E-state index contributed by atoms with van der Waals surface area (Å²) in [4.78, 5) is 12.3. The molecule has 152 valence electrons. The van der Waals surface area contributed by atoms with E-state index in [1.807, 2.05) is 20.8 Å². The Balaban J connectivity index is 2.16. The number of benzene rings is 1. The first kappa shape index (κ1) is 22.0. The highest BCUT2D eigenvalue weighted by Gasteiger charge is 2.23. The molecule has 0 aromatic heterocycles. The van der Waals surface area contributed by atoms with E-state index in [2.05, 4.69) is 5.32 Å². The minimum absolute atomic E-state index is 0.0860. The fourth-order valence-electron chi connectivity index (χ4n) is 3.26. The van der Waals surface area contributed by atoms with Crippen molar-refractivity contribution in [1.29, 1.82) is 5.26 Å². The van der Waals surface area contributed by atoms with Crippen molar-refractivity contribution in [2.75, 3.05) is 6.61 Å². The van der Waals surface area contributed by atoms with Gasteiger partial charge in [-0.25, -0.2) is 8.42 Å². The quantitative estimate of drug-likeness (QED) is 0.731. The van der Waals surface area contributed by atoms with Gasteiger partial charge in [-0.05, 0) is 36.5 Å². The van der Waals surface area contributed by atoms with E-state index >= 15 is 0 Å². The second kappa shape index (κ2) is 9.24. The molecule has 1 aromatic carbocycles. The van der Waals surface area contributed by atoms with Crippen molar-refractivity contribution in [3.8, 4) is 11.8 Å². The lowest BCUT2D eigenvalue weighted by atomic mass is 9.86. The van der Waals surface area contributed by atoms with Crippen LogP contribution in [0.3, 0.4) is 0 Å². The minimum atomic E-state index is -3.71. The number of nitriles is 1. The topological polar surface area (TPSA) is 96.3 Å². The van der Waals surface area contributed by atoms with Gasteiger partial charge in [0.15, 0.2) is 6.61 Å². The lowest BCUT2D eigenvalue weighted by molar-refractivity contribution is -0.124. The molecule has 0 atom stereocenters. The van der Waals surface area contributed by atoms with E-state index in [1.54, 1.807) is 18.2 Å². The molecule has 6 nitrogen and oxygen atoms in total. The number of hydrogen-bond acceptors (Lipinski definition) is 5. The van der Waals surface area contributed by atoms with E-state index in [0.29, 0.717) is 11.3 Å². The molecule has 0 spiro atoms. The average Bonchev–Trinajstić information content (AvgIpc) is 2.64. The second-order valence-corrected chi connectivity index (χ2v) is 9.91. The third kappa shape index (κ3) is 6.10. The first-order chi connectivity index (χ1) is 13.1. The van der Waals surface area contributed by atoms with Gasteiger partial charge in [-0.2, -0.15) is 5.26 Å². The van der Waals surface area contributed by atoms with Crippen LogP contribution < -0.4 is 10.1 Å². The highest BCUT2D eigenvalue weighted by Crippen LogP contribution is 2.33. The molecule has 1 aromatic rings. The number of nitrogens with one attached hydrogen (secondary N) is 1. The third-order valence-electron chi connectivity index (χ3n) is 4.74. The molecule has 0 unspecified atom stereocenters. The molecule has 1 amide bonds. The molecule has 1 aliphatic rings. The Morgan fingerprint density at radius 2 is 1.96 bits per heavy atom. The van der Waals surface area contributed by atoms with Crippen molar-refractivity contribution >= 4 is 15.7 Å². The normalized spacial score (nSPS) is 15.9. The maximum Gasteiger partial charge on any atom is 0.258 e. The number of sulfone groups is 1. The molecule has 0 heterocycles. The fraction of sp³-hybridized carbons (Fsp3) is 0.524. The Bertz CT molecular complexity index is 871. The Morgan fingerprint density at radius 3 is 2.57 bits per heavy atom. The highest BCUT2D eigenvalue weighted by atomic mass is 32.2. The summed E-state index contributed by atoms with van der Waals surface area (Å²) in [5, 5.41) is 12.5. The molecule has 0 bridgehead atoms. The van der Waals surface area contributed by atoms with Gasteiger partial charge in [-0.15, -0.1) is 0 Å². The van der Waals surface area contributed by atoms with Gasteiger partial charge < -0.3 is 10.1 Å². The van der Waals surface area contributed by atoms with Crippen molar-refractivity contribution in [3.05, 3.63) is 35.2 Å². The molecule has 1 N–H and O–H groups in total. The van der Waals surface area contributed by atoms with Gasteiger partial charge in [0.25, 0.3) is 5.91 Å². The van der Waals surface area contributed by atoms with Crippen molar-refractivity contribution in [2.24, 2.45) is 0 Å². The molecule has 1 aliphatic carbocycles. The van der Waals surface area contributed by atoms with Gasteiger partial charge >= 0.3 is 0 Å². The number of carbonyl (C=O) groups excluding carboxylic acids is 1. The zero-order chi connectivity index (χ0) is 20.8. The SMILES string of the molecule is CC(C)(C)c1cc(S(=O)(=O)/C=C/C#N)ccc1OCC(=O)NC1CCCCC1. The van der Waals surface area contributed by atoms with Gasteiger partial charge in [0.1, 0.15) is 5.75 Å². The van der Waals surface area contributed by atoms with Crippen molar-refractivity contribution in [3.63, 3.8) is 0 Å². The summed E-state index contributed by atoms with van der Waals surface area (Å²) in [5.74, 6) is 0.315. The highest BCUT2D eigenvalue weighted by molar-refractivity contribution is 7.94. The Kier molecular flexibility index (Phi) is 7.25. The molecule has 1 fully saturated rings. The van der Waals surface area contributed by atoms with Crippen LogP contribution in [-0.4, -0.2) is 27.0 Å². The average molecular weight is 405 g/mol. The molecule has 2 rings (SSSR count). The molecule has 1 saturated carbocycles. The summed E-state index contributed by atoms with van der Waals surface area (Å²) in [6.07, 6.45) is 6.43. The van der Waals surface area contributed by atoms with E-state index in [0.717, 1.165) is 37.2 Å². The van der Waals surface area contributed by atoms with E-state index in [-0.39, 0.29) is 28.9 Å². The molecule has 0 saturated heterocycles. The molecular formula is C21H28N2O4S. The predicted molar refractivity (Wildman–Crippen MR) is 108 cm³/mol. The van der Waals surface area contributed by atoms with E-state index in [4.69, 9.17) is 10.00 Å². The fourth-order valence-corrected chi connectivity index (χ4v) is 4.19. The predicted octanol–water partition coefficient (Wildman–Crippen LogP) is 3.62. The number of amides is 1. The van der Waals surface area contributed by atoms with Crippen LogP contribution in [0.4, 0.5) is 0 Å². The monoisotopic (exact) mass is 404 g/mol. The van der Waals surface area contributed by atoms with Gasteiger partial charge in [0, 0.05) is 23.1 Å². The number of rotatable bonds is 6. The van der Waals surface area contributed by atoms with Gasteiger partial charge in [-0.3, -0.25) is 4.79 Å². The summed E-state index contributed by atoms with van der Waals surface area (Å²) in [5.41, 5.74) is 0.295. The lowest BCUT2D eigenvalue weighted by Gasteiger charge is -2.25. The summed E-state index contributed by atoms with van der Waals surface area (Å²) in [6, 6.07) is 6.45.